The van der Waals surface area contributed by atoms with Gasteiger partial charge in [-0.2, -0.15) is 0 Å². The molecule has 0 aromatic heterocycles. The monoisotopic (exact) mass is 643 g/mol. The molecule has 0 saturated carbocycles. The summed E-state index contributed by atoms with van der Waals surface area (Å²) in [6.07, 6.45) is -1.70. The van der Waals surface area contributed by atoms with Crippen LogP contribution in [0.4, 0.5) is 0 Å². The second-order valence-corrected chi connectivity index (χ2v) is 11.8. The number of carbonyl (C=O) groups excluding carboxylic acids is 1. The number of nitrogens with two attached hydrogens (primary N) is 1. The first-order valence-electron chi connectivity index (χ1n) is 14.6. The van der Waals surface area contributed by atoms with Crippen molar-refractivity contribution in [2.75, 3.05) is 13.2 Å². The van der Waals surface area contributed by atoms with Gasteiger partial charge in [0.1, 0.15) is 42.6 Å². The van der Waals surface area contributed by atoms with E-state index < -0.39 is 44.1 Å². The van der Waals surface area contributed by atoms with Gasteiger partial charge < -0.3 is 34.7 Å². The summed E-state index contributed by atoms with van der Waals surface area (Å²) in [6.45, 7) is 1.70. The lowest BCUT2D eigenvalue weighted by Crippen LogP contribution is -2.42. The van der Waals surface area contributed by atoms with Gasteiger partial charge in [0.15, 0.2) is 0 Å². The van der Waals surface area contributed by atoms with Crippen LogP contribution in [0.25, 0.3) is 0 Å². The fourth-order valence-corrected chi connectivity index (χ4v) is 5.76. The molecule has 1 heterocycles. The Kier molecular flexibility index (Phi) is 12.5. The Bertz CT molecular complexity index is 1450. The van der Waals surface area contributed by atoms with E-state index in [1.807, 2.05) is 78.9 Å². The Hall–Kier alpha value is -3.77. The molecule has 3 aromatic carbocycles. The highest BCUT2D eigenvalue weighted by Gasteiger charge is 2.38. The lowest BCUT2D eigenvalue weighted by molar-refractivity contribution is -0.154. The predicted octanol–water partition coefficient (Wildman–Crippen LogP) is 5.02. The number of aryl methyl sites for hydroxylation is 1. The van der Waals surface area contributed by atoms with Gasteiger partial charge in [-0.15, -0.1) is 0 Å². The normalized spacial score (nSPS) is 19.1. The van der Waals surface area contributed by atoms with E-state index >= 15 is 0 Å². The van der Waals surface area contributed by atoms with Gasteiger partial charge in [-0.1, -0.05) is 48.5 Å². The van der Waals surface area contributed by atoms with E-state index in [9.17, 15) is 19.0 Å². The summed E-state index contributed by atoms with van der Waals surface area (Å²) >= 11 is 0. The quantitative estimate of drug-likeness (QED) is 0.141. The third-order valence-electron chi connectivity index (χ3n) is 6.99. The molecule has 13 heteroatoms. The van der Waals surface area contributed by atoms with Crippen molar-refractivity contribution >= 4 is 19.8 Å². The molecule has 3 aromatic rings. The SMILES string of the molecule is C[C@H](OP(=O)(O)OC1CCCOC1COC(=O)CCc1ccccc1OCc1cccc(Oc2ccccc2)c1)[C@H](N)C(=O)O. The molecule has 242 valence electrons. The van der Waals surface area contributed by atoms with Gasteiger partial charge in [-0.25, -0.2) is 4.57 Å². The van der Waals surface area contributed by atoms with Crippen LogP contribution in [0.15, 0.2) is 78.9 Å². The summed E-state index contributed by atoms with van der Waals surface area (Å²) in [5.41, 5.74) is 7.20. The van der Waals surface area contributed by atoms with Crippen LogP contribution >= 0.6 is 7.82 Å². The van der Waals surface area contributed by atoms with E-state index in [0.717, 1.165) is 16.9 Å². The topological polar surface area (TPSA) is 173 Å². The van der Waals surface area contributed by atoms with Crippen LogP contribution in [0.1, 0.15) is 37.3 Å². The second kappa shape index (κ2) is 16.5. The summed E-state index contributed by atoms with van der Waals surface area (Å²) < 4.78 is 45.7. The van der Waals surface area contributed by atoms with Crippen LogP contribution < -0.4 is 15.2 Å². The number of carboxylic acids is 1. The number of carboxylic acid groups (broad SMARTS) is 1. The number of carbonyl (C=O) groups is 2. The van der Waals surface area contributed by atoms with E-state index in [1.165, 1.54) is 6.92 Å². The molecule has 4 N–H and O–H groups in total. The van der Waals surface area contributed by atoms with E-state index in [4.69, 9.17) is 38.8 Å². The second-order valence-electron chi connectivity index (χ2n) is 10.5. The van der Waals surface area contributed by atoms with Crippen molar-refractivity contribution in [3.8, 4) is 17.2 Å². The Labute approximate surface area is 261 Å². The van der Waals surface area contributed by atoms with Crippen molar-refractivity contribution in [2.45, 2.75) is 63.6 Å². The zero-order valence-electron chi connectivity index (χ0n) is 24.9. The van der Waals surface area contributed by atoms with Crippen molar-refractivity contribution < 1.29 is 52.1 Å². The molecule has 1 aliphatic rings. The largest absolute Gasteiger partial charge is 0.489 e. The maximum atomic E-state index is 12.6. The van der Waals surface area contributed by atoms with E-state index in [0.29, 0.717) is 44.0 Å². The van der Waals surface area contributed by atoms with E-state index in [2.05, 4.69) is 0 Å². The molecule has 3 unspecified atom stereocenters. The zero-order chi connectivity index (χ0) is 32.2. The lowest BCUT2D eigenvalue weighted by Gasteiger charge is -2.32. The highest BCUT2D eigenvalue weighted by molar-refractivity contribution is 7.47. The average molecular weight is 644 g/mol. The molecule has 0 bridgehead atoms. The summed E-state index contributed by atoms with van der Waals surface area (Å²) in [4.78, 5) is 33.9. The van der Waals surface area contributed by atoms with Gasteiger partial charge in [-0.3, -0.25) is 18.6 Å². The molecule has 1 aliphatic heterocycles. The van der Waals surface area contributed by atoms with Crippen LogP contribution in [-0.2, 0) is 45.7 Å². The molecule has 0 spiro atoms. The third kappa shape index (κ3) is 11.0. The summed E-state index contributed by atoms with van der Waals surface area (Å²) in [5.74, 6) is 0.189. The van der Waals surface area contributed by atoms with Crippen LogP contribution in [0.2, 0.25) is 0 Å². The molecular weight excluding hydrogens is 605 g/mol. The van der Waals surface area contributed by atoms with Crippen LogP contribution in [-0.4, -0.2) is 59.5 Å². The molecule has 1 fully saturated rings. The van der Waals surface area contributed by atoms with Crippen LogP contribution in [0, 0.1) is 0 Å². The van der Waals surface area contributed by atoms with Crippen molar-refractivity contribution in [3.63, 3.8) is 0 Å². The Morgan fingerprint density at radius 2 is 1.78 bits per heavy atom. The number of aliphatic carboxylic acids is 1. The van der Waals surface area contributed by atoms with Gasteiger partial charge >= 0.3 is 19.8 Å². The highest BCUT2D eigenvalue weighted by Crippen LogP contribution is 2.48. The maximum absolute atomic E-state index is 12.6. The fourth-order valence-electron chi connectivity index (χ4n) is 4.58. The zero-order valence-corrected chi connectivity index (χ0v) is 25.8. The van der Waals surface area contributed by atoms with Gasteiger partial charge in [-0.05, 0) is 67.6 Å². The number of benzene rings is 3. The number of esters is 1. The predicted molar refractivity (Wildman–Crippen MR) is 163 cm³/mol. The number of phosphoric acid groups is 1. The Balaban J connectivity index is 1.26. The number of hydrogen-bond acceptors (Lipinski definition) is 10. The van der Waals surface area contributed by atoms with Crippen molar-refractivity contribution in [2.24, 2.45) is 5.73 Å². The minimum absolute atomic E-state index is 0.0607. The number of rotatable bonds is 16. The van der Waals surface area contributed by atoms with E-state index in [-0.39, 0.29) is 13.0 Å². The number of ether oxygens (including phenoxy) is 4. The van der Waals surface area contributed by atoms with Gasteiger partial charge in [0.25, 0.3) is 0 Å². The van der Waals surface area contributed by atoms with E-state index in [1.54, 1.807) is 0 Å². The number of phosphoric ester groups is 1. The minimum atomic E-state index is -4.69. The summed E-state index contributed by atoms with van der Waals surface area (Å²) in [7, 11) is -4.69. The molecular formula is C32H38NO11P. The Morgan fingerprint density at radius 1 is 1.04 bits per heavy atom. The highest BCUT2D eigenvalue weighted by atomic mass is 31.2. The van der Waals surface area contributed by atoms with Crippen LogP contribution in [0.3, 0.4) is 0 Å². The average Bonchev–Trinajstić information content (AvgIpc) is 3.02. The fraction of sp³-hybridized carbons (Fsp3) is 0.375. The molecule has 5 atom stereocenters. The van der Waals surface area contributed by atoms with Crippen molar-refractivity contribution in [1.29, 1.82) is 0 Å². The molecule has 1 saturated heterocycles. The Morgan fingerprint density at radius 3 is 2.56 bits per heavy atom. The van der Waals surface area contributed by atoms with Crippen LogP contribution in [0.5, 0.6) is 17.2 Å². The number of para-hydroxylation sites is 2. The first kappa shape index (κ1) is 34.1. The standard InChI is InChI=1S/C32H38NO11P/c1-22(31(33)32(35)36)43-45(37,38)44-28-15-8-18-39-29(28)21-41-30(34)17-16-24-10-5-6-14-27(24)40-20-23-9-7-13-26(19-23)42-25-11-3-2-4-12-25/h2-7,9-14,19,22,28-29,31H,8,15-18,20-21,33H2,1H3,(H,35,36)(H,37,38)/t22-,28?,29?,31-/m0/s1. The molecule has 12 nitrogen and oxygen atoms in total. The van der Waals surface area contributed by atoms with Crippen molar-refractivity contribution in [1.82, 2.24) is 0 Å². The maximum Gasteiger partial charge on any atom is 0.472 e. The lowest BCUT2D eigenvalue weighted by atomic mass is 10.1. The minimum Gasteiger partial charge on any atom is -0.489 e. The summed E-state index contributed by atoms with van der Waals surface area (Å²) in [6, 6.07) is 23.0. The third-order valence-corrected chi connectivity index (χ3v) is 8.13. The first-order valence-corrected chi connectivity index (χ1v) is 16.1. The van der Waals surface area contributed by atoms with Gasteiger partial charge in [0.2, 0.25) is 0 Å². The number of hydrogen-bond donors (Lipinski definition) is 3. The van der Waals surface area contributed by atoms with Gasteiger partial charge in [0, 0.05) is 13.0 Å². The summed E-state index contributed by atoms with van der Waals surface area (Å²) in [5, 5.41) is 8.99. The molecule has 0 radical (unpaired) electrons. The molecule has 4 rings (SSSR count). The van der Waals surface area contributed by atoms with Crippen molar-refractivity contribution in [3.05, 3.63) is 90.0 Å². The van der Waals surface area contributed by atoms with Gasteiger partial charge in [0.05, 0.1) is 12.2 Å². The molecule has 0 amide bonds. The molecule has 45 heavy (non-hydrogen) atoms. The molecule has 0 aliphatic carbocycles. The first-order chi connectivity index (χ1) is 21.6. The smallest absolute Gasteiger partial charge is 0.472 e.